The highest BCUT2D eigenvalue weighted by Crippen LogP contribution is 2.18. The molecular formula is C21H34BrN3O2. The maximum Gasteiger partial charge on any atom is 0.193 e. The maximum atomic E-state index is 5.70. The van der Waals surface area contributed by atoms with Crippen molar-refractivity contribution in [2.24, 2.45) is 16.8 Å². The highest BCUT2D eigenvalue weighted by Gasteiger charge is 2.25. The van der Waals surface area contributed by atoms with E-state index in [1.54, 1.807) is 7.11 Å². The number of nitrogens with zero attached hydrogens (tertiary/aromatic N) is 2. The van der Waals surface area contributed by atoms with Gasteiger partial charge in [-0.05, 0) is 36.5 Å². The van der Waals surface area contributed by atoms with E-state index in [-0.39, 0.29) is 0 Å². The van der Waals surface area contributed by atoms with Crippen LogP contribution in [0, 0.1) is 11.8 Å². The van der Waals surface area contributed by atoms with Gasteiger partial charge in [-0.2, -0.15) is 0 Å². The van der Waals surface area contributed by atoms with Gasteiger partial charge in [0.05, 0.1) is 19.8 Å². The molecule has 6 heteroatoms. The first-order valence-electron chi connectivity index (χ1n) is 9.93. The Morgan fingerprint density at radius 2 is 2.26 bits per heavy atom. The van der Waals surface area contributed by atoms with Gasteiger partial charge in [0.15, 0.2) is 5.96 Å². The van der Waals surface area contributed by atoms with Gasteiger partial charge in [-0.1, -0.05) is 41.4 Å². The van der Waals surface area contributed by atoms with E-state index in [1.807, 2.05) is 7.05 Å². The Morgan fingerprint density at radius 1 is 1.41 bits per heavy atom. The lowest BCUT2D eigenvalue weighted by Crippen LogP contribution is -2.42. The summed E-state index contributed by atoms with van der Waals surface area (Å²) >= 11 is 3.57. The van der Waals surface area contributed by atoms with Crippen molar-refractivity contribution in [3.63, 3.8) is 0 Å². The first-order chi connectivity index (χ1) is 13.2. The van der Waals surface area contributed by atoms with E-state index in [1.165, 1.54) is 5.56 Å². The standard InChI is InChI=1S/C21H34BrN3O2/c1-4-17(12-18-6-5-7-20(22)13-18)14-24-21(23-2)25-9-8-19(15-25)16-27-11-10-26-3/h5-7,13,17,19H,4,8-12,14-16H2,1-3H3,(H,23,24). The van der Waals surface area contributed by atoms with E-state index >= 15 is 0 Å². The molecule has 0 radical (unpaired) electrons. The Bertz CT molecular complexity index is 582. The number of methoxy groups -OCH3 is 1. The van der Waals surface area contributed by atoms with E-state index in [9.17, 15) is 0 Å². The third-order valence-corrected chi connectivity index (χ3v) is 5.62. The summed E-state index contributed by atoms with van der Waals surface area (Å²) in [5.41, 5.74) is 1.38. The summed E-state index contributed by atoms with van der Waals surface area (Å²) in [7, 11) is 3.58. The van der Waals surface area contributed by atoms with Crippen molar-refractivity contribution in [2.45, 2.75) is 26.2 Å². The third-order valence-electron chi connectivity index (χ3n) is 5.12. The first kappa shape index (κ1) is 22.2. The Labute approximate surface area is 172 Å². The van der Waals surface area contributed by atoms with Crippen molar-refractivity contribution >= 4 is 21.9 Å². The quantitative estimate of drug-likeness (QED) is 0.343. The summed E-state index contributed by atoms with van der Waals surface area (Å²) in [6, 6.07) is 8.61. The molecule has 0 spiro atoms. The SMILES string of the molecule is CCC(CNC(=NC)N1CCC(COCCOC)C1)Cc1cccc(Br)c1. The fraction of sp³-hybridized carbons (Fsp3) is 0.667. The van der Waals surface area contributed by atoms with E-state index in [0.717, 1.165) is 55.9 Å². The van der Waals surface area contributed by atoms with E-state index in [4.69, 9.17) is 9.47 Å². The van der Waals surface area contributed by atoms with Crippen LogP contribution in [0.3, 0.4) is 0 Å². The predicted molar refractivity (Wildman–Crippen MR) is 115 cm³/mol. The van der Waals surface area contributed by atoms with Crippen LogP contribution in [0.5, 0.6) is 0 Å². The van der Waals surface area contributed by atoms with Gasteiger partial charge in [0.1, 0.15) is 0 Å². The maximum absolute atomic E-state index is 5.70. The molecule has 152 valence electrons. The van der Waals surface area contributed by atoms with Crippen LogP contribution in [-0.4, -0.2) is 64.5 Å². The lowest BCUT2D eigenvalue weighted by molar-refractivity contribution is 0.0536. The number of guanidine groups is 1. The largest absolute Gasteiger partial charge is 0.382 e. The molecule has 27 heavy (non-hydrogen) atoms. The number of hydrogen-bond acceptors (Lipinski definition) is 3. The summed E-state index contributed by atoms with van der Waals surface area (Å²) in [4.78, 5) is 6.86. The van der Waals surface area contributed by atoms with Crippen LogP contribution in [0.15, 0.2) is 33.7 Å². The molecule has 1 N–H and O–H groups in total. The molecule has 0 amide bonds. The summed E-state index contributed by atoms with van der Waals surface area (Å²) in [6.45, 7) is 7.40. The first-order valence-corrected chi connectivity index (χ1v) is 10.7. The Hall–Kier alpha value is -1.11. The number of aliphatic imine (C=N–C) groups is 1. The Morgan fingerprint density at radius 3 is 2.96 bits per heavy atom. The van der Waals surface area contributed by atoms with Crippen molar-refractivity contribution in [2.75, 3.05) is 53.6 Å². The monoisotopic (exact) mass is 439 g/mol. The van der Waals surface area contributed by atoms with E-state index < -0.39 is 0 Å². The molecule has 1 aromatic carbocycles. The molecular weight excluding hydrogens is 406 g/mol. The number of rotatable bonds is 10. The molecule has 1 aromatic rings. The zero-order valence-electron chi connectivity index (χ0n) is 16.9. The summed E-state index contributed by atoms with van der Waals surface area (Å²) in [5, 5.41) is 3.60. The van der Waals surface area contributed by atoms with Gasteiger partial charge in [0, 0.05) is 44.2 Å². The van der Waals surface area contributed by atoms with Crippen LogP contribution in [0.2, 0.25) is 0 Å². The van der Waals surface area contributed by atoms with Gasteiger partial charge < -0.3 is 19.7 Å². The molecule has 2 atom stereocenters. The van der Waals surface area contributed by atoms with Gasteiger partial charge in [-0.15, -0.1) is 0 Å². The number of hydrogen-bond donors (Lipinski definition) is 1. The molecule has 1 fully saturated rings. The van der Waals surface area contributed by atoms with Crippen LogP contribution < -0.4 is 5.32 Å². The smallest absolute Gasteiger partial charge is 0.193 e. The second kappa shape index (κ2) is 12.4. The third kappa shape index (κ3) is 7.80. The normalized spacial score (nSPS) is 18.7. The van der Waals surface area contributed by atoms with Crippen LogP contribution >= 0.6 is 15.9 Å². The van der Waals surface area contributed by atoms with Gasteiger partial charge in [0.25, 0.3) is 0 Å². The minimum atomic E-state index is 0.573. The second-order valence-corrected chi connectivity index (χ2v) is 8.12. The number of likely N-dealkylation sites (tertiary alicyclic amines) is 1. The second-order valence-electron chi connectivity index (χ2n) is 7.20. The molecule has 2 rings (SSSR count). The average molecular weight is 440 g/mol. The van der Waals surface area contributed by atoms with Crippen LogP contribution in [0.1, 0.15) is 25.3 Å². The lowest BCUT2D eigenvalue weighted by atomic mass is 9.97. The number of halogens is 1. The van der Waals surface area contributed by atoms with Crippen molar-refractivity contribution < 1.29 is 9.47 Å². The lowest BCUT2D eigenvalue weighted by Gasteiger charge is -2.24. The Kier molecular flexibility index (Phi) is 10.2. The molecule has 1 heterocycles. The fourth-order valence-corrected chi connectivity index (χ4v) is 3.93. The van der Waals surface area contributed by atoms with Crippen molar-refractivity contribution in [3.05, 3.63) is 34.3 Å². The van der Waals surface area contributed by atoms with Crippen molar-refractivity contribution in [1.29, 1.82) is 0 Å². The summed E-state index contributed by atoms with van der Waals surface area (Å²) < 4.78 is 11.9. The zero-order valence-corrected chi connectivity index (χ0v) is 18.5. The fourth-order valence-electron chi connectivity index (χ4n) is 3.48. The number of nitrogens with one attached hydrogen (secondary N) is 1. The van der Waals surface area contributed by atoms with Crippen LogP contribution in [0.25, 0.3) is 0 Å². The molecule has 1 aliphatic rings. The van der Waals surface area contributed by atoms with Crippen LogP contribution in [0.4, 0.5) is 0 Å². The van der Waals surface area contributed by atoms with Crippen molar-refractivity contribution in [1.82, 2.24) is 10.2 Å². The number of benzene rings is 1. The van der Waals surface area contributed by atoms with Gasteiger partial charge in [0.2, 0.25) is 0 Å². The van der Waals surface area contributed by atoms with Gasteiger partial charge >= 0.3 is 0 Å². The molecule has 0 aromatic heterocycles. The van der Waals surface area contributed by atoms with E-state index in [0.29, 0.717) is 25.0 Å². The van der Waals surface area contributed by atoms with Gasteiger partial charge in [-0.3, -0.25) is 4.99 Å². The van der Waals surface area contributed by atoms with Crippen molar-refractivity contribution in [3.8, 4) is 0 Å². The predicted octanol–water partition coefficient (Wildman–Crippen LogP) is 3.58. The van der Waals surface area contributed by atoms with Gasteiger partial charge in [-0.25, -0.2) is 0 Å². The molecule has 0 bridgehead atoms. The number of ether oxygens (including phenoxy) is 2. The van der Waals surface area contributed by atoms with Crippen LogP contribution in [-0.2, 0) is 15.9 Å². The Balaban J connectivity index is 1.77. The zero-order chi connectivity index (χ0) is 19.5. The molecule has 5 nitrogen and oxygen atoms in total. The molecule has 2 unspecified atom stereocenters. The molecule has 0 saturated carbocycles. The minimum absolute atomic E-state index is 0.573. The molecule has 1 saturated heterocycles. The van der Waals surface area contributed by atoms with E-state index in [2.05, 4.69) is 62.3 Å². The molecule has 1 aliphatic heterocycles. The highest BCUT2D eigenvalue weighted by molar-refractivity contribution is 9.10. The summed E-state index contributed by atoms with van der Waals surface area (Å²) in [6.07, 6.45) is 3.38. The average Bonchev–Trinajstić information content (AvgIpc) is 3.13. The molecule has 0 aliphatic carbocycles. The minimum Gasteiger partial charge on any atom is -0.382 e. The summed E-state index contributed by atoms with van der Waals surface area (Å²) in [5.74, 6) is 2.18. The topological polar surface area (TPSA) is 46.1 Å². The highest BCUT2D eigenvalue weighted by atomic mass is 79.9.